The molecule has 294 valence electrons. The molecule has 0 bridgehead atoms. The number of hydrogen-bond acceptors (Lipinski definition) is 14. The van der Waals surface area contributed by atoms with Gasteiger partial charge in [-0.1, -0.05) is 54.6 Å². The van der Waals surface area contributed by atoms with Gasteiger partial charge in [0.2, 0.25) is 6.29 Å². The number of phenolic OH excluding ortho intramolecular Hbond substituents is 1. The highest BCUT2D eigenvalue weighted by Crippen LogP contribution is 2.45. The van der Waals surface area contributed by atoms with E-state index in [9.17, 15) is 45.0 Å². The SMILES string of the molecule is CC(=O)Oc1cc(CO)c2c(c1/C=C/c1cccc(CCCO)c1)C(=O)c1cc(O[C@H]3O[C@@H](C)[C@@H](O)[C@@H](O)[C@H]3O)c(Cc3cccc(C(N)N)c3)c(O)c1C2=O. The second-order valence-electron chi connectivity index (χ2n) is 13.9. The van der Waals surface area contributed by atoms with E-state index in [1.54, 1.807) is 36.4 Å². The maximum atomic E-state index is 14.8. The molecular formula is C42H44N2O12. The number of carbonyl (C=O) groups is 3. The van der Waals surface area contributed by atoms with Crippen molar-refractivity contribution in [2.45, 2.75) is 76.6 Å². The number of aliphatic hydroxyl groups excluding tert-OH is 5. The monoisotopic (exact) mass is 768 g/mol. The molecule has 0 spiro atoms. The first-order chi connectivity index (χ1) is 26.7. The van der Waals surface area contributed by atoms with E-state index in [4.69, 9.17) is 25.7 Å². The smallest absolute Gasteiger partial charge is 0.308 e. The molecular weight excluding hydrogens is 724 g/mol. The van der Waals surface area contributed by atoms with E-state index < -0.39 is 66.8 Å². The summed E-state index contributed by atoms with van der Waals surface area (Å²) in [5.41, 5.74) is 13.5. The maximum absolute atomic E-state index is 14.8. The third-order valence-electron chi connectivity index (χ3n) is 9.91. The van der Waals surface area contributed by atoms with Crippen LogP contribution in [0.4, 0.5) is 0 Å². The number of phenols is 1. The third-order valence-corrected chi connectivity index (χ3v) is 9.91. The van der Waals surface area contributed by atoms with Crippen LogP contribution in [0.1, 0.15) is 97.2 Å². The molecule has 0 unspecified atom stereocenters. The fourth-order valence-corrected chi connectivity index (χ4v) is 7.05. The topological polar surface area (TPSA) is 252 Å². The Labute approximate surface area is 322 Å². The van der Waals surface area contributed by atoms with Gasteiger partial charge in [-0.15, -0.1) is 0 Å². The van der Waals surface area contributed by atoms with Crippen molar-refractivity contribution in [3.05, 3.63) is 122 Å². The highest BCUT2D eigenvalue weighted by atomic mass is 16.7. The van der Waals surface area contributed by atoms with Gasteiger partial charge in [-0.05, 0) is 65.8 Å². The first-order valence-electron chi connectivity index (χ1n) is 18.1. The van der Waals surface area contributed by atoms with Gasteiger partial charge in [0, 0.05) is 47.8 Å². The van der Waals surface area contributed by atoms with E-state index in [0.29, 0.717) is 29.5 Å². The lowest BCUT2D eigenvalue weighted by Crippen LogP contribution is -2.58. The molecule has 1 aliphatic carbocycles. The number of nitrogens with two attached hydrogens (primary N) is 2. The van der Waals surface area contributed by atoms with Crippen molar-refractivity contribution in [1.29, 1.82) is 0 Å². The van der Waals surface area contributed by atoms with Crippen molar-refractivity contribution in [2.24, 2.45) is 11.5 Å². The summed E-state index contributed by atoms with van der Waals surface area (Å²) in [6.45, 7) is 1.91. The normalized spacial score (nSPS) is 20.6. The molecule has 6 rings (SSSR count). The van der Waals surface area contributed by atoms with Gasteiger partial charge in [0.15, 0.2) is 11.6 Å². The fourth-order valence-electron chi connectivity index (χ4n) is 7.05. The predicted octanol–water partition coefficient (Wildman–Crippen LogP) is 2.39. The average Bonchev–Trinajstić information content (AvgIpc) is 3.17. The van der Waals surface area contributed by atoms with Crippen molar-refractivity contribution in [3.63, 3.8) is 0 Å². The number of rotatable bonds is 12. The van der Waals surface area contributed by atoms with Crippen LogP contribution in [0.3, 0.4) is 0 Å². The van der Waals surface area contributed by atoms with Gasteiger partial charge in [-0.2, -0.15) is 0 Å². The molecule has 0 amide bonds. The summed E-state index contributed by atoms with van der Waals surface area (Å²) in [4.78, 5) is 41.7. The molecule has 1 fully saturated rings. The van der Waals surface area contributed by atoms with E-state index in [0.717, 1.165) is 12.5 Å². The summed E-state index contributed by atoms with van der Waals surface area (Å²) in [6.07, 6.45) is -4.04. The zero-order chi connectivity index (χ0) is 40.4. The number of ketones is 2. The average molecular weight is 769 g/mol. The van der Waals surface area contributed by atoms with Crippen LogP contribution in [-0.2, 0) is 29.0 Å². The minimum Gasteiger partial charge on any atom is -0.507 e. The van der Waals surface area contributed by atoms with E-state index in [2.05, 4.69) is 0 Å². The van der Waals surface area contributed by atoms with E-state index in [1.807, 2.05) is 18.2 Å². The van der Waals surface area contributed by atoms with Crippen LogP contribution in [0.25, 0.3) is 12.2 Å². The van der Waals surface area contributed by atoms with Crippen molar-refractivity contribution in [3.8, 4) is 17.2 Å². The molecule has 0 aromatic heterocycles. The number of benzene rings is 4. The predicted molar refractivity (Wildman–Crippen MR) is 203 cm³/mol. The molecule has 1 heterocycles. The second kappa shape index (κ2) is 16.8. The first kappa shape index (κ1) is 40.4. The van der Waals surface area contributed by atoms with Gasteiger partial charge in [-0.3, -0.25) is 14.4 Å². The number of aryl methyl sites for hydroxylation is 1. The Morgan fingerprint density at radius 2 is 1.61 bits per heavy atom. The van der Waals surface area contributed by atoms with Gasteiger partial charge >= 0.3 is 5.97 Å². The minimum atomic E-state index is -1.76. The molecule has 0 radical (unpaired) electrons. The van der Waals surface area contributed by atoms with E-state index in [-0.39, 0.29) is 63.5 Å². The Morgan fingerprint density at radius 3 is 2.30 bits per heavy atom. The highest BCUT2D eigenvalue weighted by molar-refractivity contribution is 6.31. The Balaban J connectivity index is 1.54. The van der Waals surface area contributed by atoms with Gasteiger partial charge in [0.25, 0.3) is 0 Å². The quantitative estimate of drug-likeness (QED) is 0.0393. The van der Waals surface area contributed by atoms with E-state index >= 15 is 0 Å². The van der Waals surface area contributed by atoms with E-state index in [1.165, 1.54) is 25.1 Å². The molecule has 5 atom stereocenters. The zero-order valence-corrected chi connectivity index (χ0v) is 30.7. The zero-order valence-electron chi connectivity index (χ0n) is 30.7. The molecule has 0 saturated carbocycles. The minimum absolute atomic E-state index is 0.00318. The van der Waals surface area contributed by atoms with Crippen molar-refractivity contribution >= 4 is 29.7 Å². The van der Waals surface area contributed by atoms with Gasteiger partial charge < -0.3 is 56.3 Å². The molecule has 1 aliphatic heterocycles. The Hall–Kier alpha value is -5.29. The lowest BCUT2D eigenvalue weighted by molar-refractivity contribution is -0.268. The number of fused-ring (bicyclic) bond motifs is 2. The molecule has 2 aliphatic rings. The molecule has 4 aromatic rings. The summed E-state index contributed by atoms with van der Waals surface area (Å²) in [5.74, 6) is -3.25. The number of esters is 1. The lowest BCUT2D eigenvalue weighted by atomic mass is 9.77. The van der Waals surface area contributed by atoms with Gasteiger partial charge in [0.05, 0.1) is 24.4 Å². The summed E-state index contributed by atoms with van der Waals surface area (Å²) >= 11 is 0. The largest absolute Gasteiger partial charge is 0.507 e. The van der Waals surface area contributed by atoms with Crippen LogP contribution in [0.2, 0.25) is 0 Å². The summed E-state index contributed by atoms with van der Waals surface area (Å²) < 4.78 is 17.3. The van der Waals surface area contributed by atoms with Crippen LogP contribution in [-0.4, -0.2) is 85.5 Å². The summed E-state index contributed by atoms with van der Waals surface area (Å²) in [7, 11) is 0. The van der Waals surface area contributed by atoms with Crippen LogP contribution in [0.5, 0.6) is 17.2 Å². The highest BCUT2D eigenvalue weighted by Gasteiger charge is 2.44. The van der Waals surface area contributed by atoms with Crippen LogP contribution >= 0.6 is 0 Å². The molecule has 1 saturated heterocycles. The summed E-state index contributed by atoms with van der Waals surface area (Å²) in [6, 6.07) is 16.7. The van der Waals surface area contributed by atoms with Gasteiger partial charge in [0.1, 0.15) is 35.6 Å². The van der Waals surface area contributed by atoms with Crippen molar-refractivity contribution in [1.82, 2.24) is 0 Å². The van der Waals surface area contributed by atoms with Crippen LogP contribution in [0, 0.1) is 0 Å². The Kier molecular flexibility index (Phi) is 12.1. The van der Waals surface area contributed by atoms with Crippen LogP contribution < -0.4 is 20.9 Å². The molecule has 56 heavy (non-hydrogen) atoms. The number of carbonyl (C=O) groups excluding carboxylic acids is 3. The summed E-state index contributed by atoms with van der Waals surface area (Å²) in [5, 5.41) is 63.5. The maximum Gasteiger partial charge on any atom is 0.308 e. The van der Waals surface area contributed by atoms with Crippen molar-refractivity contribution in [2.75, 3.05) is 6.61 Å². The lowest BCUT2D eigenvalue weighted by Gasteiger charge is -2.39. The fraction of sp³-hybridized carbons (Fsp3) is 0.310. The van der Waals surface area contributed by atoms with Gasteiger partial charge in [-0.25, -0.2) is 0 Å². The number of ether oxygens (including phenoxy) is 3. The third kappa shape index (κ3) is 8.00. The molecule has 14 nitrogen and oxygen atoms in total. The number of aliphatic hydroxyl groups is 5. The first-order valence-corrected chi connectivity index (χ1v) is 18.1. The van der Waals surface area contributed by atoms with Crippen molar-refractivity contribution < 1.29 is 59.2 Å². The molecule has 14 heteroatoms. The Bertz CT molecular complexity index is 2200. The Morgan fingerprint density at radius 1 is 0.875 bits per heavy atom. The number of aromatic hydroxyl groups is 1. The number of hydrogen-bond donors (Lipinski definition) is 8. The molecule has 4 aromatic carbocycles. The molecule has 10 N–H and O–H groups in total. The second-order valence-corrected chi connectivity index (χ2v) is 13.9. The van der Waals surface area contributed by atoms with Crippen LogP contribution in [0.15, 0.2) is 60.7 Å². The standard InChI is InChI=1S/C42H44N2O12/c1-20-35(48)39(52)40(53)42(54-20)56-31-18-29-34(36(49)28(31)16-24-8-4-10-25(15-24)41(43)44)38(51)32-26(19-46)17-30(55-21(2)47)27(33(32)37(29)50)12-11-23-7-3-6-22(14-23)9-5-13-45/h3-4,6-8,10-12,14-15,17-18,20,35,39-42,45-46,48-49,52-53H,5,9,13,16,19,43-44H2,1-2H3/b12-11+/t20-,35+,39+,40+,42+/m0/s1.